The fourth-order valence-electron chi connectivity index (χ4n) is 1.10. The smallest absolute Gasteiger partial charge is 0.240 e. The van der Waals surface area contributed by atoms with Crippen LogP contribution in [0.1, 0.15) is 12.5 Å². The predicted octanol–water partition coefficient (Wildman–Crippen LogP) is 1.53. The molecule has 0 aliphatic carbocycles. The highest BCUT2D eigenvalue weighted by molar-refractivity contribution is 7.89. The standard InChI is InChI=1S/C9H13ClN2O2S/c1-3-12-15(13,14)7-4-8(10)6(2)9(11)5-7/h4-5,12H,3,11H2,1-2H3. The molecule has 15 heavy (non-hydrogen) atoms. The zero-order chi connectivity index (χ0) is 11.6. The molecule has 0 fully saturated rings. The lowest BCUT2D eigenvalue weighted by Gasteiger charge is -2.08. The number of nitrogen functional groups attached to an aromatic ring is 1. The van der Waals surface area contributed by atoms with E-state index in [1.807, 2.05) is 0 Å². The molecule has 6 heteroatoms. The Morgan fingerprint density at radius 2 is 2.07 bits per heavy atom. The number of hydrogen-bond acceptors (Lipinski definition) is 3. The van der Waals surface area contributed by atoms with Gasteiger partial charge in [0.25, 0.3) is 0 Å². The van der Waals surface area contributed by atoms with Crippen molar-refractivity contribution in [3.8, 4) is 0 Å². The van der Waals surface area contributed by atoms with Crippen LogP contribution in [0.4, 0.5) is 5.69 Å². The van der Waals surface area contributed by atoms with E-state index >= 15 is 0 Å². The van der Waals surface area contributed by atoms with E-state index in [-0.39, 0.29) is 4.90 Å². The molecule has 0 aliphatic heterocycles. The number of anilines is 1. The summed E-state index contributed by atoms with van der Waals surface area (Å²) >= 11 is 5.85. The van der Waals surface area contributed by atoms with Crippen LogP contribution in [0.5, 0.6) is 0 Å². The number of nitrogens with one attached hydrogen (secondary N) is 1. The van der Waals surface area contributed by atoms with Gasteiger partial charge in [0.05, 0.1) is 4.90 Å². The van der Waals surface area contributed by atoms with E-state index in [1.54, 1.807) is 13.8 Å². The molecule has 0 heterocycles. The van der Waals surface area contributed by atoms with Gasteiger partial charge in [-0.15, -0.1) is 0 Å². The van der Waals surface area contributed by atoms with Crippen molar-refractivity contribution in [1.29, 1.82) is 0 Å². The first kappa shape index (κ1) is 12.3. The largest absolute Gasteiger partial charge is 0.398 e. The number of hydrogen-bond donors (Lipinski definition) is 2. The molecule has 0 aliphatic rings. The fourth-order valence-corrected chi connectivity index (χ4v) is 2.50. The molecule has 0 amide bonds. The van der Waals surface area contributed by atoms with Gasteiger partial charge in [0.1, 0.15) is 0 Å². The van der Waals surface area contributed by atoms with Crippen molar-refractivity contribution in [3.63, 3.8) is 0 Å². The highest BCUT2D eigenvalue weighted by atomic mass is 35.5. The lowest BCUT2D eigenvalue weighted by atomic mass is 10.2. The zero-order valence-electron chi connectivity index (χ0n) is 8.54. The van der Waals surface area contributed by atoms with Crippen LogP contribution in [0, 0.1) is 6.92 Å². The SMILES string of the molecule is CCNS(=O)(=O)c1cc(N)c(C)c(Cl)c1. The van der Waals surface area contributed by atoms with Crippen LogP contribution >= 0.6 is 11.6 Å². The van der Waals surface area contributed by atoms with E-state index in [2.05, 4.69) is 4.72 Å². The second kappa shape index (κ2) is 4.38. The average molecular weight is 249 g/mol. The summed E-state index contributed by atoms with van der Waals surface area (Å²) in [6.45, 7) is 3.77. The molecule has 1 rings (SSSR count). The Morgan fingerprint density at radius 1 is 1.47 bits per heavy atom. The molecule has 0 aromatic heterocycles. The number of rotatable bonds is 3. The van der Waals surface area contributed by atoms with Gasteiger partial charge in [0, 0.05) is 17.3 Å². The topological polar surface area (TPSA) is 72.2 Å². The van der Waals surface area contributed by atoms with Gasteiger partial charge in [-0.05, 0) is 24.6 Å². The molecule has 0 saturated carbocycles. The summed E-state index contributed by atoms with van der Waals surface area (Å²) in [5, 5.41) is 0.353. The molecule has 84 valence electrons. The molecule has 0 radical (unpaired) electrons. The highest BCUT2D eigenvalue weighted by Crippen LogP contribution is 2.25. The summed E-state index contributed by atoms with van der Waals surface area (Å²) in [5.74, 6) is 0. The Morgan fingerprint density at radius 3 is 2.53 bits per heavy atom. The minimum absolute atomic E-state index is 0.0949. The van der Waals surface area contributed by atoms with Crippen molar-refractivity contribution in [2.45, 2.75) is 18.7 Å². The first-order valence-corrected chi connectivity index (χ1v) is 6.30. The summed E-state index contributed by atoms with van der Waals surface area (Å²) in [4.78, 5) is 0.0949. The maximum Gasteiger partial charge on any atom is 0.240 e. The minimum Gasteiger partial charge on any atom is -0.398 e. The molecule has 0 saturated heterocycles. The van der Waals surface area contributed by atoms with Crippen molar-refractivity contribution in [1.82, 2.24) is 4.72 Å². The lowest BCUT2D eigenvalue weighted by molar-refractivity contribution is 0.584. The molecule has 0 atom stereocenters. The Bertz CT molecular complexity index is 448. The average Bonchev–Trinajstić information content (AvgIpc) is 2.13. The molecule has 0 spiro atoms. The molecule has 4 nitrogen and oxygen atoms in total. The number of nitrogens with two attached hydrogens (primary N) is 1. The van der Waals surface area contributed by atoms with E-state index in [4.69, 9.17) is 17.3 Å². The first-order chi connectivity index (χ1) is 6.88. The minimum atomic E-state index is -3.49. The monoisotopic (exact) mass is 248 g/mol. The fraction of sp³-hybridized carbons (Fsp3) is 0.333. The van der Waals surface area contributed by atoms with Gasteiger partial charge in [-0.2, -0.15) is 0 Å². The van der Waals surface area contributed by atoms with Crippen molar-refractivity contribution in [2.75, 3.05) is 12.3 Å². The van der Waals surface area contributed by atoms with E-state index in [0.29, 0.717) is 22.8 Å². The number of halogens is 1. The van der Waals surface area contributed by atoms with Crippen molar-refractivity contribution < 1.29 is 8.42 Å². The number of sulfonamides is 1. The molecular weight excluding hydrogens is 236 g/mol. The van der Waals surface area contributed by atoms with Crippen LogP contribution in [-0.4, -0.2) is 15.0 Å². The van der Waals surface area contributed by atoms with Crippen LogP contribution in [-0.2, 0) is 10.0 Å². The van der Waals surface area contributed by atoms with Gasteiger partial charge >= 0.3 is 0 Å². The summed E-state index contributed by atoms with van der Waals surface area (Å²) in [6, 6.07) is 2.80. The zero-order valence-corrected chi connectivity index (χ0v) is 10.1. The van der Waals surface area contributed by atoms with Crippen LogP contribution in [0.15, 0.2) is 17.0 Å². The van der Waals surface area contributed by atoms with E-state index in [1.165, 1.54) is 12.1 Å². The third-order valence-electron chi connectivity index (χ3n) is 2.00. The van der Waals surface area contributed by atoms with Gasteiger partial charge in [0.15, 0.2) is 0 Å². The van der Waals surface area contributed by atoms with Crippen LogP contribution in [0.2, 0.25) is 5.02 Å². The Balaban J connectivity index is 3.29. The van der Waals surface area contributed by atoms with E-state index in [9.17, 15) is 8.42 Å². The molecule has 0 bridgehead atoms. The first-order valence-electron chi connectivity index (χ1n) is 4.43. The van der Waals surface area contributed by atoms with Crippen LogP contribution in [0.3, 0.4) is 0 Å². The second-order valence-corrected chi connectivity index (χ2v) is 5.29. The quantitative estimate of drug-likeness (QED) is 0.797. The van der Waals surface area contributed by atoms with Gasteiger partial charge in [-0.3, -0.25) is 0 Å². The van der Waals surface area contributed by atoms with Gasteiger partial charge in [-0.1, -0.05) is 18.5 Å². The Hall–Kier alpha value is -0.780. The van der Waals surface area contributed by atoms with Gasteiger partial charge < -0.3 is 5.73 Å². The molecule has 1 aromatic rings. The molecule has 3 N–H and O–H groups in total. The van der Waals surface area contributed by atoms with Crippen molar-refractivity contribution in [3.05, 3.63) is 22.7 Å². The third-order valence-corrected chi connectivity index (χ3v) is 3.92. The normalized spacial score (nSPS) is 11.7. The van der Waals surface area contributed by atoms with Gasteiger partial charge in [0.2, 0.25) is 10.0 Å². The third kappa shape index (κ3) is 2.62. The van der Waals surface area contributed by atoms with Crippen LogP contribution < -0.4 is 10.5 Å². The number of benzene rings is 1. The predicted molar refractivity (Wildman–Crippen MR) is 61.5 cm³/mol. The Labute approximate surface area is 94.5 Å². The maximum absolute atomic E-state index is 11.6. The maximum atomic E-state index is 11.6. The highest BCUT2D eigenvalue weighted by Gasteiger charge is 2.15. The lowest BCUT2D eigenvalue weighted by Crippen LogP contribution is -2.23. The summed E-state index contributed by atoms with van der Waals surface area (Å²) in [7, 11) is -3.49. The van der Waals surface area contributed by atoms with Crippen molar-refractivity contribution in [2.24, 2.45) is 0 Å². The molecular formula is C9H13ClN2O2S. The van der Waals surface area contributed by atoms with Gasteiger partial charge in [-0.25, -0.2) is 13.1 Å². The van der Waals surface area contributed by atoms with E-state index < -0.39 is 10.0 Å². The summed E-state index contributed by atoms with van der Waals surface area (Å²) in [5.41, 5.74) is 6.70. The Kier molecular flexibility index (Phi) is 3.59. The second-order valence-electron chi connectivity index (χ2n) is 3.12. The molecule has 1 aromatic carbocycles. The summed E-state index contributed by atoms with van der Waals surface area (Å²) < 4.78 is 25.6. The summed E-state index contributed by atoms with van der Waals surface area (Å²) in [6.07, 6.45) is 0. The molecule has 0 unspecified atom stereocenters. The van der Waals surface area contributed by atoms with Crippen molar-refractivity contribution >= 4 is 27.3 Å². The van der Waals surface area contributed by atoms with Crippen LogP contribution in [0.25, 0.3) is 0 Å². The van der Waals surface area contributed by atoms with E-state index in [0.717, 1.165) is 0 Å².